The molecule has 1 aliphatic rings. The molecule has 0 saturated carbocycles. The molecular weight excluding hydrogens is 280 g/mol. The topological polar surface area (TPSA) is 11.3 Å². The lowest BCUT2D eigenvalue weighted by Gasteiger charge is -2.17. The van der Waals surface area contributed by atoms with Crippen molar-refractivity contribution < 1.29 is 4.42 Å². The molecule has 1 nitrogen and oxygen atoms in total. The molecule has 0 fully saturated rings. The molecule has 4 rings (SSSR count). The molecule has 1 aliphatic carbocycles. The van der Waals surface area contributed by atoms with Crippen LogP contribution in [0.4, 0.5) is 0 Å². The largest absolute Gasteiger partial charge is 0.360 e. The minimum Gasteiger partial charge on any atom is -0.212 e. The van der Waals surface area contributed by atoms with Crippen molar-refractivity contribution in [3.05, 3.63) is 78.1 Å². The monoisotopic (exact) mass is 301 g/mol. The predicted octanol–water partition coefficient (Wildman–Crippen LogP) is 6.33. The van der Waals surface area contributed by atoms with Gasteiger partial charge in [0.2, 0.25) is 0 Å². The zero-order valence-electron chi connectivity index (χ0n) is 13.5. The Balaban J connectivity index is 1.95. The van der Waals surface area contributed by atoms with Gasteiger partial charge in [-0.15, -0.1) is 0 Å². The molecule has 0 N–H and O–H groups in total. The molecule has 3 aromatic rings. The first-order valence-electron chi connectivity index (χ1n) is 8.43. The Morgan fingerprint density at radius 2 is 1.52 bits per heavy atom. The van der Waals surface area contributed by atoms with E-state index in [1.807, 2.05) is 6.07 Å². The molecule has 0 saturated heterocycles. The average Bonchev–Trinajstić information content (AvgIpc) is 2.63. The van der Waals surface area contributed by atoms with Crippen molar-refractivity contribution in [1.82, 2.24) is 0 Å². The van der Waals surface area contributed by atoms with Gasteiger partial charge in [0, 0.05) is 5.56 Å². The number of fused-ring (bicyclic) bond motifs is 1. The summed E-state index contributed by atoms with van der Waals surface area (Å²) in [5.74, 6) is 2.64. The number of hydrogen-bond donors (Lipinski definition) is 0. The molecule has 1 aromatic heterocycles. The lowest BCUT2D eigenvalue weighted by molar-refractivity contribution is 0.422. The maximum absolute atomic E-state index is 6.36. The van der Waals surface area contributed by atoms with Crippen LogP contribution in [0.1, 0.15) is 37.0 Å². The summed E-state index contributed by atoms with van der Waals surface area (Å²) in [7, 11) is 0. The van der Waals surface area contributed by atoms with Crippen molar-refractivity contribution >= 4 is 0 Å². The van der Waals surface area contributed by atoms with Gasteiger partial charge in [0.15, 0.2) is 0 Å². The Hall–Kier alpha value is -2.41. The van der Waals surface area contributed by atoms with Gasteiger partial charge in [0.25, 0.3) is 0 Å². The molecule has 2 aromatic carbocycles. The van der Waals surface area contributed by atoms with E-state index in [4.69, 9.17) is 4.42 Å². The SMILES string of the molecule is CC1CCCc2c(-c3ccccc3)cc(-c3ccccc3)[o+]c21. The minimum absolute atomic E-state index is 0.491. The second-order valence-corrected chi connectivity index (χ2v) is 6.39. The summed E-state index contributed by atoms with van der Waals surface area (Å²) in [5, 5.41) is 0. The first kappa shape index (κ1) is 14.2. The van der Waals surface area contributed by atoms with Gasteiger partial charge in [-0.2, -0.15) is 0 Å². The van der Waals surface area contributed by atoms with Crippen LogP contribution in [0.2, 0.25) is 0 Å². The van der Waals surface area contributed by atoms with Crippen LogP contribution in [0.25, 0.3) is 22.5 Å². The second-order valence-electron chi connectivity index (χ2n) is 6.39. The summed E-state index contributed by atoms with van der Waals surface area (Å²) in [6.07, 6.45) is 3.57. The lowest BCUT2D eigenvalue weighted by atomic mass is 9.84. The highest BCUT2D eigenvalue weighted by Gasteiger charge is 2.32. The van der Waals surface area contributed by atoms with E-state index in [1.54, 1.807) is 0 Å². The fourth-order valence-corrected chi connectivity index (χ4v) is 3.55. The van der Waals surface area contributed by atoms with Crippen LogP contribution >= 0.6 is 0 Å². The number of hydrogen-bond acceptors (Lipinski definition) is 0. The average molecular weight is 301 g/mol. The van der Waals surface area contributed by atoms with E-state index in [1.165, 1.54) is 35.3 Å². The Bertz CT molecular complexity index is 806. The third-order valence-electron chi connectivity index (χ3n) is 4.77. The van der Waals surface area contributed by atoms with E-state index >= 15 is 0 Å². The summed E-state index contributed by atoms with van der Waals surface area (Å²) in [4.78, 5) is 0. The van der Waals surface area contributed by atoms with Gasteiger partial charge in [0.05, 0.1) is 23.1 Å². The fourth-order valence-electron chi connectivity index (χ4n) is 3.55. The highest BCUT2D eigenvalue weighted by Crippen LogP contribution is 2.40. The molecule has 0 amide bonds. The maximum Gasteiger partial charge on any atom is 0.360 e. The fraction of sp³-hybridized carbons (Fsp3) is 0.227. The quantitative estimate of drug-likeness (QED) is 0.503. The van der Waals surface area contributed by atoms with E-state index in [-0.39, 0.29) is 0 Å². The minimum atomic E-state index is 0.491. The van der Waals surface area contributed by atoms with Crippen LogP contribution in [0.15, 0.2) is 71.1 Å². The van der Waals surface area contributed by atoms with Crippen LogP contribution < -0.4 is 0 Å². The van der Waals surface area contributed by atoms with Gasteiger partial charge in [0.1, 0.15) is 0 Å². The molecule has 23 heavy (non-hydrogen) atoms. The molecule has 0 radical (unpaired) electrons. The molecule has 0 aliphatic heterocycles. The highest BCUT2D eigenvalue weighted by molar-refractivity contribution is 5.73. The molecule has 114 valence electrons. The molecule has 1 atom stereocenters. The molecule has 1 unspecified atom stereocenters. The van der Waals surface area contributed by atoms with Crippen LogP contribution in [0, 0.1) is 0 Å². The first-order chi connectivity index (χ1) is 11.3. The van der Waals surface area contributed by atoms with Crippen molar-refractivity contribution in [1.29, 1.82) is 0 Å². The first-order valence-corrected chi connectivity index (χ1v) is 8.43. The summed E-state index contributed by atoms with van der Waals surface area (Å²) in [5.41, 5.74) is 5.16. The smallest absolute Gasteiger partial charge is 0.212 e. The molecule has 0 bridgehead atoms. The summed E-state index contributed by atoms with van der Waals surface area (Å²) >= 11 is 0. The third kappa shape index (κ3) is 2.68. The van der Waals surface area contributed by atoms with Crippen LogP contribution in [0.5, 0.6) is 0 Å². The van der Waals surface area contributed by atoms with Crippen molar-refractivity contribution in [2.24, 2.45) is 0 Å². The Morgan fingerprint density at radius 3 is 2.22 bits per heavy atom. The summed E-state index contributed by atoms with van der Waals surface area (Å²) in [6, 6.07) is 23.3. The normalized spacial score (nSPS) is 16.8. The van der Waals surface area contributed by atoms with Gasteiger partial charge in [-0.1, -0.05) is 48.5 Å². The van der Waals surface area contributed by atoms with Gasteiger partial charge in [-0.05, 0) is 43.9 Å². The highest BCUT2D eigenvalue weighted by atomic mass is 16.3. The Labute approximate surface area is 137 Å². The van der Waals surface area contributed by atoms with Crippen LogP contribution in [-0.2, 0) is 6.42 Å². The number of rotatable bonds is 2. The third-order valence-corrected chi connectivity index (χ3v) is 4.77. The van der Waals surface area contributed by atoms with Crippen LogP contribution in [-0.4, -0.2) is 0 Å². The second kappa shape index (κ2) is 6.00. The van der Waals surface area contributed by atoms with E-state index in [0.29, 0.717) is 5.92 Å². The van der Waals surface area contributed by atoms with E-state index in [2.05, 4.69) is 67.6 Å². The molecular formula is C22H21O+. The molecule has 1 heterocycles. The zero-order valence-corrected chi connectivity index (χ0v) is 13.5. The van der Waals surface area contributed by atoms with Gasteiger partial charge < -0.3 is 0 Å². The lowest BCUT2D eigenvalue weighted by Crippen LogP contribution is -2.09. The predicted molar refractivity (Wildman–Crippen MR) is 95.3 cm³/mol. The van der Waals surface area contributed by atoms with Crippen molar-refractivity contribution in [2.75, 3.05) is 0 Å². The standard InChI is InChI=1S/C22H21O/c1-16-9-8-14-19-20(17-10-4-2-5-11-17)15-21(23-22(16)19)18-12-6-3-7-13-18/h2-7,10-13,15-16H,8-9,14H2,1H3/q+1. The Morgan fingerprint density at radius 1 is 0.870 bits per heavy atom. The van der Waals surface area contributed by atoms with Gasteiger partial charge in [-0.25, -0.2) is 4.42 Å². The number of benzene rings is 2. The van der Waals surface area contributed by atoms with E-state index in [0.717, 1.165) is 17.7 Å². The summed E-state index contributed by atoms with van der Waals surface area (Å²) < 4.78 is 6.36. The van der Waals surface area contributed by atoms with Crippen LogP contribution in [0.3, 0.4) is 0 Å². The molecule has 0 spiro atoms. The van der Waals surface area contributed by atoms with Gasteiger partial charge >= 0.3 is 11.5 Å². The van der Waals surface area contributed by atoms with Crippen molar-refractivity contribution in [2.45, 2.75) is 32.1 Å². The Kier molecular flexibility index (Phi) is 3.70. The van der Waals surface area contributed by atoms with Crippen molar-refractivity contribution in [3.63, 3.8) is 0 Å². The van der Waals surface area contributed by atoms with E-state index < -0.39 is 0 Å². The van der Waals surface area contributed by atoms with Gasteiger partial charge in [-0.3, -0.25) is 0 Å². The molecule has 1 heteroatoms. The van der Waals surface area contributed by atoms with Crippen molar-refractivity contribution in [3.8, 4) is 22.5 Å². The van der Waals surface area contributed by atoms with E-state index in [9.17, 15) is 0 Å². The maximum atomic E-state index is 6.36. The summed E-state index contributed by atoms with van der Waals surface area (Å²) in [6.45, 7) is 2.28. The zero-order chi connectivity index (χ0) is 15.6.